The van der Waals surface area contributed by atoms with Gasteiger partial charge in [0.15, 0.2) is 0 Å². The first-order chi connectivity index (χ1) is 14.7. The number of aryl methyl sites for hydroxylation is 2. The largest absolute Gasteiger partial charge is 0.340 e. The highest BCUT2D eigenvalue weighted by Gasteiger charge is 2.37. The molecule has 0 unspecified atom stereocenters. The molecule has 5 nitrogen and oxygen atoms in total. The molecule has 0 radical (unpaired) electrons. The smallest absolute Gasteiger partial charge is 0.259 e. The number of aromatic nitrogens is 1. The fourth-order valence-electron chi connectivity index (χ4n) is 6.00. The highest BCUT2D eigenvalue weighted by Crippen LogP contribution is 2.42. The summed E-state index contributed by atoms with van der Waals surface area (Å²) in [6, 6.07) is 8.39. The molecular formula is C25H27N3O2. The van der Waals surface area contributed by atoms with Gasteiger partial charge in [-0.1, -0.05) is 24.6 Å². The summed E-state index contributed by atoms with van der Waals surface area (Å²) in [5, 5.41) is 4.66. The van der Waals surface area contributed by atoms with E-state index in [0.717, 1.165) is 55.1 Å². The molecule has 2 aliphatic heterocycles. The van der Waals surface area contributed by atoms with E-state index in [2.05, 4.69) is 33.0 Å². The average Bonchev–Trinajstić information content (AvgIpc) is 3.44. The minimum Gasteiger partial charge on any atom is -0.340 e. The number of imide groups is 1. The molecule has 0 saturated carbocycles. The molecule has 1 aliphatic carbocycles. The van der Waals surface area contributed by atoms with Crippen LogP contribution in [0.5, 0.6) is 0 Å². The molecule has 3 aromatic rings. The summed E-state index contributed by atoms with van der Waals surface area (Å²) in [6.45, 7) is 4.51. The molecule has 30 heavy (non-hydrogen) atoms. The predicted octanol–water partition coefficient (Wildman–Crippen LogP) is 4.04. The zero-order valence-electron chi connectivity index (χ0n) is 17.3. The topological polar surface area (TPSA) is 54.3 Å². The van der Waals surface area contributed by atoms with Crippen molar-refractivity contribution in [3.8, 4) is 0 Å². The van der Waals surface area contributed by atoms with Gasteiger partial charge in [-0.25, -0.2) is 0 Å². The van der Waals surface area contributed by atoms with E-state index in [9.17, 15) is 9.59 Å². The molecule has 2 aromatic carbocycles. The summed E-state index contributed by atoms with van der Waals surface area (Å²) < 4.78 is 2.44. The molecule has 1 saturated heterocycles. The normalized spacial score (nSPS) is 18.9. The highest BCUT2D eigenvalue weighted by molar-refractivity contribution is 6.31. The third-order valence-electron chi connectivity index (χ3n) is 7.26. The van der Waals surface area contributed by atoms with Crippen LogP contribution in [0, 0.1) is 0 Å². The minimum atomic E-state index is -0.231. The Hall–Kier alpha value is -2.66. The Balaban J connectivity index is 1.52. The molecule has 3 aliphatic rings. The summed E-state index contributed by atoms with van der Waals surface area (Å²) >= 11 is 0. The van der Waals surface area contributed by atoms with Gasteiger partial charge >= 0.3 is 0 Å². The molecule has 1 N–H and O–H groups in total. The number of fused-ring (bicyclic) bond motifs is 8. The van der Waals surface area contributed by atoms with E-state index in [1.54, 1.807) is 0 Å². The standard InChI is InChI=1S/C25H27N3O2/c29-24-21-16-9-6-10-17(16)23-20(22(21)25(30)26-24)18-8-2-3-11-19(18)28(23)15-7-14-27-12-4-1-5-13-27/h2-3,8,11H,1,4-7,9-10,12-15H2,(H,26,29,30). The van der Waals surface area contributed by atoms with Crippen molar-refractivity contribution in [1.29, 1.82) is 0 Å². The van der Waals surface area contributed by atoms with E-state index in [0.29, 0.717) is 11.1 Å². The average molecular weight is 402 g/mol. The third kappa shape index (κ3) is 2.58. The van der Waals surface area contributed by atoms with Gasteiger partial charge in [0.2, 0.25) is 0 Å². The van der Waals surface area contributed by atoms with Crippen molar-refractivity contribution >= 4 is 33.6 Å². The van der Waals surface area contributed by atoms with E-state index in [1.165, 1.54) is 48.9 Å². The van der Waals surface area contributed by atoms with E-state index >= 15 is 0 Å². The maximum atomic E-state index is 12.8. The van der Waals surface area contributed by atoms with Gasteiger partial charge in [-0.15, -0.1) is 0 Å². The number of hydrogen-bond acceptors (Lipinski definition) is 3. The van der Waals surface area contributed by atoms with Crippen molar-refractivity contribution < 1.29 is 9.59 Å². The van der Waals surface area contributed by atoms with Gasteiger partial charge in [0, 0.05) is 22.8 Å². The Bertz CT molecular complexity index is 1200. The van der Waals surface area contributed by atoms with Crippen LogP contribution in [0.3, 0.4) is 0 Å². The molecule has 3 heterocycles. The fraction of sp³-hybridized carbons (Fsp3) is 0.440. The molecule has 0 spiro atoms. The lowest BCUT2D eigenvalue weighted by molar-refractivity contribution is 0.0880. The van der Waals surface area contributed by atoms with Crippen LogP contribution in [0.15, 0.2) is 24.3 Å². The molecule has 0 bridgehead atoms. The first kappa shape index (κ1) is 18.1. The second-order valence-corrected chi connectivity index (χ2v) is 8.99. The number of piperidine rings is 1. The number of likely N-dealkylation sites (tertiary alicyclic amines) is 1. The number of carbonyl (C=O) groups excluding carboxylic acids is 2. The molecule has 154 valence electrons. The number of benzene rings is 2. The summed E-state index contributed by atoms with van der Waals surface area (Å²) in [6.07, 6.45) is 8.03. The van der Waals surface area contributed by atoms with Crippen LogP contribution in [-0.2, 0) is 19.4 Å². The van der Waals surface area contributed by atoms with Crippen LogP contribution in [0.1, 0.15) is 63.9 Å². The lowest BCUT2D eigenvalue weighted by atomic mass is 9.93. The Morgan fingerprint density at radius 3 is 2.47 bits per heavy atom. The monoisotopic (exact) mass is 401 g/mol. The van der Waals surface area contributed by atoms with Gasteiger partial charge in [-0.05, 0) is 75.4 Å². The van der Waals surface area contributed by atoms with Crippen LogP contribution in [0.4, 0.5) is 0 Å². The molecule has 1 fully saturated rings. The van der Waals surface area contributed by atoms with E-state index in [-0.39, 0.29) is 11.8 Å². The predicted molar refractivity (Wildman–Crippen MR) is 118 cm³/mol. The van der Waals surface area contributed by atoms with Crippen molar-refractivity contribution in [3.05, 3.63) is 46.5 Å². The van der Waals surface area contributed by atoms with Crippen molar-refractivity contribution in [2.75, 3.05) is 19.6 Å². The summed E-state index contributed by atoms with van der Waals surface area (Å²) in [5.74, 6) is -0.442. The second kappa shape index (κ2) is 6.95. The lowest BCUT2D eigenvalue weighted by Gasteiger charge is -2.26. The summed E-state index contributed by atoms with van der Waals surface area (Å²) in [7, 11) is 0. The van der Waals surface area contributed by atoms with Gasteiger partial charge in [-0.3, -0.25) is 14.9 Å². The molecule has 6 rings (SSSR count). The Morgan fingerprint density at radius 2 is 1.60 bits per heavy atom. The maximum absolute atomic E-state index is 12.8. The number of hydrogen-bond donors (Lipinski definition) is 1. The second-order valence-electron chi connectivity index (χ2n) is 8.99. The van der Waals surface area contributed by atoms with Crippen molar-refractivity contribution in [1.82, 2.24) is 14.8 Å². The van der Waals surface area contributed by atoms with E-state index in [1.807, 2.05) is 6.07 Å². The van der Waals surface area contributed by atoms with E-state index in [4.69, 9.17) is 0 Å². The Morgan fingerprint density at radius 1 is 0.833 bits per heavy atom. The van der Waals surface area contributed by atoms with Crippen LogP contribution >= 0.6 is 0 Å². The van der Waals surface area contributed by atoms with Crippen molar-refractivity contribution in [2.45, 2.75) is 51.5 Å². The number of para-hydroxylation sites is 1. The van der Waals surface area contributed by atoms with Gasteiger partial charge in [-0.2, -0.15) is 0 Å². The van der Waals surface area contributed by atoms with Crippen molar-refractivity contribution in [2.24, 2.45) is 0 Å². The number of nitrogens with one attached hydrogen (secondary N) is 1. The van der Waals surface area contributed by atoms with Gasteiger partial charge in [0.25, 0.3) is 11.8 Å². The number of carbonyl (C=O) groups is 2. The van der Waals surface area contributed by atoms with Crippen LogP contribution in [0.2, 0.25) is 0 Å². The Labute approximate surface area is 176 Å². The van der Waals surface area contributed by atoms with Gasteiger partial charge in [0.1, 0.15) is 0 Å². The quantitative estimate of drug-likeness (QED) is 0.671. The molecule has 5 heteroatoms. The zero-order chi connectivity index (χ0) is 20.2. The van der Waals surface area contributed by atoms with E-state index < -0.39 is 0 Å². The number of nitrogens with zero attached hydrogens (tertiary/aromatic N) is 2. The first-order valence-electron chi connectivity index (χ1n) is 11.4. The fourth-order valence-corrected chi connectivity index (χ4v) is 6.00. The molecular weight excluding hydrogens is 374 g/mol. The summed E-state index contributed by atoms with van der Waals surface area (Å²) in [5.41, 5.74) is 6.05. The lowest BCUT2D eigenvalue weighted by Crippen LogP contribution is -2.31. The zero-order valence-corrected chi connectivity index (χ0v) is 17.3. The first-order valence-corrected chi connectivity index (χ1v) is 11.4. The maximum Gasteiger partial charge on any atom is 0.259 e. The molecule has 2 amide bonds. The molecule has 1 aromatic heterocycles. The Kier molecular flexibility index (Phi) is 4.20. The highest BCUT2D eigenvalue weighted by atomic mass is 16.2. The number of rotatable bonds is 4. The van der Waals surface area contributed by atoms with Crippen LogP contribution in [-0.4, -0.2) is 40.9 Å². The summed E-state index contributed by atoms with van der Waals surface area (Å²) in [4.78, 5) is 28.0. The van der Waals surface area contributed by atoms with Crippen LogP contribution in [0.25, 0.3) is 21.8 Å². The SMILES string of the molecule is O=C1NC(=O)c2c1c1c(c3c2c2ccccc2n3CCCN2CCCCC2)CCC1. The van der Waals surface area contributed by atoms with Crippen molar-refractivity contribution in [3.63, 3.8) is 0 Å². The minimum absolute atomic E-state index is 0.211. The third-order valence-corrected chi connectivity index (χ3v) is 7.26. The van der Waals surface area contributed by atoms with Crippen LogP contribution < -0.4 is 5.32 Å². The number of amides is 2. The van der Waals surface area contributed by atoms with Gasteiger partial charge in [0.05, 0.1) is 16.6 Å². The van der Waals surface area contributed by atoms with Gasteiger partial charge < -0.3 is 9.47 Å². The molecule has 0 atom stereocenters.